The third-order valence-electron chi connectivity index (χ3n) is 4.51. The van der Waals surface area contributed by atoms with Crippen molar-refractivity contribution in [3.8, 4) is 5.69 Å². The average molecular weight is 351 g/mol. The van der Waals surface area contributed by atoms with Crippen molar-refractivity contribution in [2.75, 3.05) is 0 Å². The number of nitrogens with one attached hydrogen (secondary N) is 1. The van der Waals surface area contributed by atoms with Gasteiger partial charge in [0, 0.05) is 0 Å². The maximum Gasteiger partial charge on any atom is 0.405 e. The molecule has 2 N–H and O–H groups in total. The quantitative estimate of drug-likeness (QED) is 0.750. The number of para-hydroxylation sites is 1. The van der Waals surface area contributed by atoms with Gasteiger partial charge >= 0.3 is 6.09 Å². The third-order valence-corrected chi connectivity index (χ3v) is 4.51. The highest BCUT2D eigenvalue weighted by molar-refractivity contribution is 5.81. The predicted octanol–water partition coefficient (Wildman–Crippen LogP) is 3.72. The zero-order chi connectivity index (χ0) is 18.8. The van der Waals surface area contributed by atoms with E-state index < -0.39 is 12.1 Å². The van der Waals surface area contributed by atoms with Gasteiger partial charge in [0.25, 0.3) is 5.56 Å². The number of benzene rings is 2. The molecule has 0 fully saturated rings. The zero-order valence-electron chi connectivity index (χ0n) is 15.0. The normalized spacial score (nSPS) is 12.1. The van der Waals surface area contributed by atoms with Crippen LogP contribution in [0.2, 0.25) is 0 Å². The molecular weight excluding hydrogens is 330 g/mol. The summed E-state index contributed by atoms with van der Waals surface area (Å²) in [4.78, 5) is 29.3. The summed E-state index contributed by atoms with van der Waals surface area (Å²) < 4.78 is 1.54. The Morgan fingerprint density at radius 3 is 2.50 bits per heavy atom. The lowest BCUT2D eigenvalue weighted by Gasteiger charge is -2.21. The Morgan fingerprint density at radius 2 is 1.85 bits per heavy atom. The van der Waals surface area contributed by atoms with Crippen molar-refractivity contribution in [1.82, 2.24) is 14.9 Å². The summed E-state index contributed by atoms with van der Waals surface area (Å²) in [6.45, 7) is 5.65. The minimum Gasteiger partial charge on any atom is -0.465 e. The van der Waals surface area contributed by atoms with E-state index in [-0.39, 0.29) is 5.56 Å². The summed E-state index contributed by atoms with van der Waals surface area (Å²) in [5, 5.41) is 12.2. The SMILES string of the molecule is CCC(NC(=O)O)c1nc2cccc(C)c2c(=O)n1-c1ccccc1C. The largest absolute Gasteiger partial charge is 0.465 e. The molecule has 0 aliphatic heterocycles. The van der Waals surface area contributed by atoms with Crippen molar-refractivity contribution in [3.05, 3.63) is 69.8 Å². The highest BCUT2D eigenvalue weighted by atomic mass is 16.4. The number of carbonyl (C=O) groups is 1. The van der Waals surface area contributed by atoms with Gasteiger partial charge in [0.1, 0.15) is 5.82 Å². The summed E-state index contributed by atoms with van der Waals surface area (Å²) in [5.41, 5.74) is 2.84. The molecule has 0 saturated carbocycles. The molecule has 3 aromatic rings. The third kappa shape index (κ3) is 3.06. The minimum atomic E-state index is -1.15. The fraction of sp³-hybridized carbons (Fsp3) is 0.250. The number of amides is 1. The van der Waals surface area contributed by atoms with Crippen LogP contribution in [-0.2, 0) is 0 Å². The van der Waals surface area contributed by atoms with Gasteiger partial charge in [0.15, 0.2) is 0 Å². The Labute approximate surface area is 151 Å². The Kier molecular flexibility index (Phi) is 4.75. The summed E-state index contributed by atoms with van der Waals surface area (Å²) in [5.74, 6) is 0.396. The standard InChI is InChI=1S/C20H21N3O3/c1-4-14(22-20(25)26)18-21-15-10-7-9-13(3)17(15)19(24)23(18)16-11-6-5-8-12(16)2/h5-11,14,22H,4H2,1-3H3,(H,25,26). The lowest BCUT2D eigenvalue weighted by molar-refractivity contribution is 0.188. The average Bonchev–Trinajstić information content (AvgIpc) is 2.60. The zero-order valence-corrected chi connectivity index (χ0v) is 15.0. The van der Waals surface area contributed by atoms with Crippen LogP contribution < -0.4 is 10.9 Å². The van der Waals surface area contributed by atoms with E-state index in [1.807, 2.05) is 57.2 Å². The number of hydrogen-bond donors (Lipinski definition) is 2. The molecule has 6 nitrogen and oxygen atoms in total. The molecule has 0 saturated heterocycles. The number of carboxylic acid groups (broad SMARTS) is 1. The topological polar surface area (TPSA) is 84.2 Å². The molecule has 0 aliphatic carbocycles. The van der Waals surface area contributed by atoms with Crippen molar-refractivity contribution in [3.63, 3.8) is 0 Å². The van der Waals surface area contributed by atoms with E-state index in [2.05, 4.69) is 10.3 Å². The van der Waals surface area contributed by atoms with Gasteiger partial charge in [-0.25, -0.2) is 9.78 Å². The lowest BCUT2D eigenvalue weighted by Crippen LogP contribution is -2.34. The highest BCUT2D eigenvalue weighted by Crippen LogP contribution is 2.23. The second-order valence-corrected chi connectivity index (χ2v) is 6.28. The van der Waals surface area contributed by atoms with E-state index in [0.29, 0.717) is 28.8 Å². The minimum absolute atomic E-state index is 0.192. The number of aromatic nitrogens is 2. The number of rotatable bonds is 4. The molecule has 6 heteroatoms. The molecule has 0 radical (unpaired) electrons. The Balaban J connectivity index is 2.42. The van der Waals surface area contributed by atoms with Crippen molar-refractivity contribution in [2.24, 2.45) is 0 Å². The van der Waals surface area contributed by atoms with E-state index in [4.69, 9.17) is 0 Å². The maximum atomic E-state index is 13.4. The van der Waals surface area contributed by atoms with Gasteiger partial charge in [-0.2, -0.15) is 0 Å². The van der Waals surface area contributed by atoms with Crippen LogP contribution in [0.1, 0.15) is 36.3 Å². The van der Waals surface area contributed by atoms with E-state index in [9.17, 15) is 14.7 Å². The molecule has 1 amide bonds. The van der Waals surface area contributed by atoms with Crippen LogP contribution in [0.4, 0.5) is 4.79 Å². The molecule has 26 heavy (non-hydrogen) atoms. The molecule has 0 bridgehead atoms. The Hall–Kier alpha value is -3.15. The molecule has 0 aliphatic rings. The molecule has 1 atom stereocenters. The molecule has 2 aromatic carbocycles. The van der Waals surface area contributed by atoms with Crippen LogP contribution in [0.25, 0.3) is 16.6 Å². The van der Waals surface area contributed by atoms with Gasteiger partial charge in [-0.05, 0) is 43.5 Å². The molecule has 134 valence electrons. The van der Waals surface area contributed by atoms with E-state index in [1.54, 1.807) is 6.07 Å². The van der Waals surface area contributed by atoms with E-state index in [1.165, 1.54) is 4.57 Å². The molecule has 3 rings (SSSR count). The van der Waals surface area contributed by atoms with Gasteiger partial charge in [-0.3, -0.25) is 9.36 Å². The van der Waals surface area contributed by atoms with Crippen molar-refractivity contribution in [2.45, 2.75) is 33.2 Å². The van der Waals surface area contributed by atoms with Crippen molar-refractivity contribution in [1.29, 1.82) is 0 Å². The van der Waals surface area contributed by atoms with Crippen LogP contribution in [0.15, 0.2) is 47.3 Å². The summed E-state index contributed by atoms with van der Waals surface area (Å²) in [7, 11) is 0. The van der Waals surface area contributed by atoms with Gasteiger partial charge in [-0.15, -0.1) is 0 Å². The van der Waals surface area contributed by atoms with Crippen molar-refractivity contribution >= 4 is 17.0 Å². The van der Waals surface area contributed by atoms with E-state index >= 15 is 0 Å². The predicted molar refractivity (Wildman–Crippen MR) is 101 cm³/mol. The van der Waals surface area contributed by atoms with Crippen LogP contribution in [0.5, 0.6) is 0 Å². The monoisotopic (exact) mass is 351 g/mol. The van der Waals surface area contributed by atoms with Gasteiger partial charge in [0.2, 0.25) is 0 Å². The summed E-state index contributed by atoms with van der Waals surface area (Å²) in [6, 6.07) is 12.4. The number of hydrogen-bond acceptors (Lipinski definition) is 3. The molecule has 0 spiro atoms. The lowest BCUT2D eigenvalue weighted by atomic mass is 10.1. The number of aryl methyl sites for hydroxylation is 2. The second kappa shape index (κ2) is 7.00. The smallest absolute Gasteiger partial charge is 0.405 e. The number of fused-ring (bicyclic) bond motifs is 1. The second-order valence-electron chi connectivity index (χ2n) is 6.28. The first kappa shape index (κ1) is 17.7. The number of nitrogens with zero attached hydrogens (tertiary/aromatic N) is 2. The summed E-state index contributed by atoms with van der Waals surface area (Å²) >= 11 is 0. The van der Waals surface area contributed by atoms with Crippen LogP contribution in [-0.4, -0.2) is 20.8 Å². The first-order chi connectivity index (χ1) is 12.4. The van der Waals surface area contributed by atoms with Gasteiger partial charge < -0.3 is 10.4 Å². The van der Waals surface area contributed by atoms with Crippen LogP contribution >= 0.6 is 0 Å². The Bertz CT molecular complexity index is 1040. The Morgan fingerprint density at radius 1 is 1.15 bits per heavy atom. The first-order valence-electron chi connectivity index (χ1n) is 8.51. The fourth-order valence-electron chi connectivity index (χ4n) is 3.19. The first-order valence-corrected chi connectivity index (χ1v) is 8.51. The van der Waals surface area contributed by atoms with E-state index in [0.717, 1.165) is 11.1 Å². The van der Waals surface area contributed by atoms with Crippen LogP contribution in [0.3, 0.4) is 0 Å². The van der Waals surface area contributed by atoms with Gasteiger partial charge in [-0.1, -0.05) is 37.3 Å². The molecular formula is C20H21N3O3. The molecule has 1 heterocycles. The highest BCUT2D eigenvalue weighted by Gasteiger charge is 2.22. The van der Waals surface area contributed by atoms with Gasteiger partial charge in [0.05, 0.1) is 22.6 Å². The molecule has 1 aromatic heterocycles. The van der Waals surface area contributed by atoms with Crippen LogP contribution in [0, 0.1) is 13.8 Å². The molecule has 1 unspecified atom stereocenters. The fourth-order valence-corrected chi connectivity index (χ4v) is 3.19. The summed E-state index contributed by atoms with van der Waals surface area (Å²) in [6.07, 6.45) is -0.672. The van der Waals surface area contributed by atoms with Crippen molar-refractivity contribution < 1.29 is 9.90 Å². The maximum absolute atomic E-state index is 13.4.